The third kappa shape index (κ3) is 5.16. The number of amides is 1. The number of nitro groups is 1. The Morgan fingerprint density at radius 1 is 1.05 bits per heavy atom. The zero-order valence-corrected chi connectivity index (χ0v) is 19.0. The van der Waals surface area contributed by atoms with Crippen molar-refractivity contribution in [1.29, 1.82) is 5.26 Å². The Morgan fingerprint density at radius 2 is 1.76 bits per heavy atom. The average Bonchev–Trinajstić information content (AvgIpc) is 3.24. The minimum atomic E-state index is -1.71. The largest absolute Gasteiger partial charge is 0.453 e. The predicted molar refractivity (Wildman–Crippen MR) is 130 cm³/mol. The monoisotopic (exact) mass is 495 g/mol. The number of cyclic esters (lactones) is 1. The van der Waals surface area contributed by atoms with E-state index in [4.69, 9.17) is 4.74 Å². The van der Waals surface area contributed by atoms with E-state index in [1.807, 2.05) is 0 Å². The smallest absolute Gasteiger partial charge is 0.339 e. The lowest BCUT2D eigenvalue weighted by Gasteiger charge is -2.20. The highest BCUT2D eigenvalue weighted by Crippen LogP contribution is 2.37. The number of esters is 1. The number of nitrogens with zero attached hydrogens (tertiary/aromatic N) is 2. The van der Waals surface area contributed by atoms with Gasteiger partial charge in [0.2, 0.25) is 5.78 Å². The van der Waals surface area contributed by atoms with Gasteiger partial charge in [-0.05, 0) is 23.8 Å². The number of anilines is 1. The van der Waals surface area contributed by atoms with Crippen molar-refractivity contribution in [2.75, 3.05) is 5.32 Å². The lowest BCUT2D eigenvalue weighted by molar-refractivity contribution is -0.384. The first-order valence-corrected chi connectivity index (χ1v) is 10.9. The van der Waals surface area contributed by atoms with Crippen molar-refractivity contribution < 1.29 is 28.8 Å². The van der Waals surface area contributed by atoms with Gasteiger partial charge >= 0.3 is 5.97 Å². The fraction of sp³-hybridized carbons (Fsp3) is 0.0741. The Labute approximate surface area is 209 Å². The van der Waals surface area contributed by atoms with Crippen LogP contribution in [0, 0.1) is 27.4 Å². The molecule has 10 nitrogen and oxygen atoms in total. The zero-order valence-electron chi connectivity index (χ0n) is 19.0. The van der Waals surface area contributed by atoms with Crippen LogP contribution in [0.2, 0.25) is 0 Å². The van der Waals surface area contributed by atoms with Crippen LogP contribution < -0.4 is 5.32 Å². The molecular formula is C27H17N3O7. The number of nitrogens with one attached hydrogen (secondary N) is 1. The van der Waals surface area contributed by atoms with Crippen LogP contribution in [0.1, 0.15) is 33.2 Å². The highest BCUT2D eigenvalue weighted by Gasteiger charge is 2.45. The molecule has 3 aromatic rings. The molecule has 1 heterocycles. The van der Waals surface area contributed by atoms with Crippen molar-refractivity contribution in [2.45, 2.75) is 6.10 Å². The van der Waals surface area contributed by atoms with Crippen molar-refractivity contribution >= 4 is 40.9 Å². The number of carbonyl (C=O) groups is 4. The fourth-order valence-electron chi connectivity index (χ4n) is 3.86. The summed E-state index contributed by atoms with van der Waals surface area (Å²) in [6, 6.07) is 19.8. The van der Waals surface area contributed by atoms with Crippen LogP contribution in [0.4, 0.5) is 11.4 Å². The molecule has 2 atom stereocenters. The molecule has 1 aliphatic heterocycles. The van der Waals surface area contributed by atoms with E-state index >= 15 is 0 Å². The summed E-state index contributed by atoms with van der Waals surface area (Å²) >= 11 is 0. The Morgan fingerprint density at radius 3 is 2.46 bits per heavy atom. The Hall–Kier alpha value is -5.43. The van der Waals surface area contributed by atoms with Gasteiger partial charge in [-0.3, -0.25) is 24.5 Å². The molecule has 2 unspecified atom stereocenters. The number of ketones is 2. The minimum Gasteiger partial charge on any atom is -0.453 e. The first-order chi connectivity index (χ1) is 17.8. The van der Waals surface area contributed by atoms with E-state index in [1.54, 1.807) is 48.5 Å². The molecule has 3 aromatic carbocycles. The van der Waals surface area contributed by atoms with Crippen LogP contribution >= 0.6 is 0 Å². The number of benzene rings is 3. The number of Topliss-reactive ketones (excluding diaryl/α,β-unsaturated/α-hetero) is 1. The number of nitriles is 1. The molecule has 0 aromatic heterocycles. The van der Waals surface area contributed by atoms with Gasteiger partial charge in [0, 0.05) is 17.7 Å². The summed E-state index contributed by atoms with van der Waals surface area (Å²) in [4.78, 5) is 62.2. The molecule has 1 amide bonds. The maximum Gasteiger partial charge on any atom is 0.339 e. The Balaban J connectivity index is 1.67. The third-order valence-corrected chi connectivity index (χ3v) is 5.66. The van der Waals surface area contributed by atoms with Crippen molar-refractivity contribution in [3.8, 4) is 6.07 Å². The SMILES string of the molecule is N#Cc1cc([N+](=O)[O-])ccc1NC(=O)C(=O)C(C(=O)/C=C/c1ccccc1)C1OC(=O)c2ccccc21. The molecular weight excluding hydrogens is 478 g/mol. The van der Waals surface area contributed by atoms with Gasteiger partial charge in [0.15, 0.2) is 5.78 Å². The molecule has 37 heavy (non-hydrogen) atoms. The number of hydrogen-bond donors (Lipinski definition) is 1. The third-order valence-electron chi connectivity index (χ3n) is 5.66. The maximum atomic E-state index is 13.3. The van der Waals surface area contributed by atoms with Crippen molar-refractivity contribution in [3.05, 3.63) is 111 Å². The first-order valence-electron chi connectivity index (χ1n) is 10.9. The second-order valence-corrected chi connectivity index (χ2v) is 7.95. The van der Waals surface area contributed by atoms with E-state index in [0.29, 0.717) is 5.56 Å². The minimum absolute atomic E-state index is 0.152. The van der Waals surface area contributed by atoms with Gasteiger partial charge in [-0.15, -0.1) is 0 Å². The molecule has 0 bridgehead atoms. The number of fused-ring (bicyclic) bond motifs is 1. The molecule has 0 fully saturated rings. The summed E-state index contributed by atoms with van der Waals surface area (Å²) in [7, 11) is 0. The summed E-state index contributed by atoms with van der Waals surface area (Å²) in [5, 5.41) is 22.6. The molecule has 182 valence electrons. The number of non-ortho nitro benzene ring substituents is 1. The molecule has 0 radical (unpaired) electrons. The normalized spacial score (nSPS) is 14.8. The van der Waals surface area contributed by atoms with Gasteiger partial charge in [0.25, 0.3) is 11.6 Å². The van der Waals surface area contributed by atoms with Crippen LogP contribution in [-0.4, -0.2) is 28.4 Å². The molecule has 4 rings (SSSR count). The zero-order chi connectivity index (χ0) is 26.5. The number of carbonyl (C=O) groups excluding carboxylic acids is 4. The molecule has 0 spiro atoms. The second kappa shape index (κ2) is 10.5. The number of nitro benzene ring substituents is 1. The van der Waals surface area contributed by atoms with Crippen LogP contribution in [0.3, 0.4) is 0 Å². The second-order valence-electron chi connectivity index (χ2n) is 7.95. The van der Waals surface area contributed by atoms with Gasteiger partial charge in [0.05, 0.1) is 21.7 Å². The van der Waals surface area contributed by atoms with E-state index in [-0.39, 0.29) is 28.1 Å². The summed E-state index contributed by atoms with van der Waals surface area (Å²) in [5.41, 5.74) is 0.344. The molecule has 10 heteroatoms. The molecule has 0 saturated heterocycles. The summed E-state index contributed by atoms with van der Waals surface area (Å²) < 4.78 is 5.35. The predicted octanol–water partition coefficient (Wildman–Crippen LogP) is 3.78. The quantitative estimate of drug-likeness (QED) is 0.124. The van der Waals surface area contributed by atoms with Crippen LogP contribution in [0.5, 0.6) is 0 Å². The Kier molecular flexibility index (Phi) is 6.97. The van der Waals surface area contributed by atoms with Gasteiger partial charge in [-0.2, -0.15) is 5.26 Å². The number of rotatable bonds is 8. The molecule has 1 N–H and O–H groups in total. The number of ether oxygens (including phenoxy) is 1. The van der Waals surface area contributed by atoms with Crippen molar-refractivity contribution in [1.82, 2.24) is 0 Å². The van der Waals surface area contributed by atoms with Crippen LogP contribution in [0.25, 0.3) is 6.08 Å². The van der Waals surface area contributed by atoms with Crippen LogP contribution in [-0.2, 0) is 19.1 Å². The molecule has 0 saturated carbocycles. The average molecular weight is 495 g/mol. The van der Waals surface area contributed by atoms with Gasteiger partial charge in [0.1, 0.15) is 18.1 Å². The van der Waals surface area contributed by atoms with Crippen molar-refractivity contribution in [3.63, 3.8) is 0 Å². The maximum absolute atomic E-state index is 13.3. The summed E-state index contributed by atoms with van der Waals surface area (Å²) in [5.74, 6) is -5.68. The van der Waals surface area contributed by atoms with Crippen molar-refractivity contribution in [2.24, 2.45) is 5.92 Å². The fourth-order valence-corrected chi connectivity index (χ4v) is 3.86. The molecule has 0 aliphatic carbocycles. The van der Waals surface area contributed by atoms with Crippen LogP contribution in [0.15, 0.2) is 78.9 Å². The van der Waals surface area contributed by atoms with Gasteiger partial charge in [-0.1, -0.05) is 54.6 Å². The van der Waals surface area contributed by atoms with E-state index in [1.165, 1.54) is 18.2 Å². The summed E-state index contributed by atoms with van der Waals surface area (Å²) in [6.45, 7) is 0. The van der Waals surface area contributed by atoms with E-state index in [9.17, 15) is 34.6 Å². The van der Waals surface area contributed by atoms with E-state index < -0.39 is 40.4 Å². The standard InChI is InChI=1S/C27H17N3O7/c28-15-17-14-18(30(35)36)11-12-21(17)29-26(33)24(32)23(22(31)13-10-16-6-2-1-3-7-16)25-19-8-4-5-9-20(19)27(34)37-25/h1-14,23,25H,(H,29,33)/b13-10+. The number of allylic oxidation sites excluding steroid dienone is 1. The first kappa shape index (κ1) is 24.7. The Bertz CT molecular complexity index is 1510. The van der Waals surface area contributed by atoms with Gasteiger partial charge in [-0.25, -0.2) is 4.79 Å². The van der Waals surface area contributed by atoms with Gasteiger partial charge < -0.3 is 10.1 Å². The molecule has 1 aliphatic rings. The number of hydrogen-bond acceptors (Lipinski definition) is 8. The highest BCUT2D eigenvalue weighted by molar-refractivity contribution is 6.45. The van der Waals surface area contributed by atoms with E-state index in [2.05, 4.69) is 5.32 Å². The van der Waals surface area contributed by atoms with E-state index in [0.717, 1.165) is 24.3 Å². The topological polar surface area (TPSA) is 156 Å². The lowest BCUT2D eigenvalue weighted by Crippen LogP contribution is -2.37. The lowest BCUT2D eigenvalue weighted by atomic mass is 9.86. The summed E-state index contributed by atoms with van der Waals surface area (Å²) in [6.07, 6.45) is 1.25. The highest BCUT2D eigenvalue weighted by atomic mass is 16.6.